The van der Waals surface area contributed by atoms with Crippen LogP contribution < -0.4 is 5.32 Å². The van der Waals surface area contributed by atoms with Crippen LogP contribution in [-0.4, -0.2) is 44.7 Å². The van der Waals surface area contributed by atoms with E-state index in [1.165, 1.54) is 0 Å². The van der Waals surface area contributed by atoms with E-state index in [2.05, 4.69) is 5.32 Å². The minimum Gasteiger partial charge on any atom is -0.394 e. The minimum atomic E-state index is -0.429. The molecule has 0 heterocycles. The van der Waals surface area contributed by atoms with Gasteiger partial charge in [-0.05, 0) is 25.5 Å². The van der Waals surface area contributed by atoms with Gasteiger partial charge in [0.05, 0.1) is 25.4 Å². The molecular formula is C16H27NO3. The Morgan fingerprint density at radius 3 is 2.35 bits per heavy atom. The molecule has 4 heteroatoms. The molecule has 0 saturated carbocycles. The van der Waals surface area contributed by atoms with E-state index in [9.17, 15) is 5.11 Å². The number of rotatable bonds is 11. The molecule has 0 bridgehead atoms. The molecule has 1 unspecified atom stereocenters. The van der Waals surface area contributed by atoms with Crippen LogP contribution in [0.5, 0.6) is 0 Å². The van der Waals surface area contributed by atoms with Crippen molar-refractivity contribution in [3.05, 3.63) is 35.9 Å². The summed E-state index contributed by atoms with van der Waals surface area (Å²) < 4.78 is 10.8. The summed E-state index contributed by atoms with van der Waals surface area (Å²) in [5, 5.41) is 13.3. The second-order valence-electron chi connectivity index (χ2n) is 4.70. The van der Waals surface area contributed by atoms with E-state index in [1.54, 1.807) is 0 Å². The van der Waals surface area contributed by atoms with Crippen LogP contribution in [0.3, 0.4) is 0 Å². The van der Waals surface area contributed by atoms with Crippen LogP contribution in [0.15, 0.2) is 30.3 Å². The molecule has 0 radical (unpaired) electrons. The fraction of sp³-hybridized carbons (Fsp3) is 0.625. The monoisotopic (exact) mass is 281 g/mol. The lowest BCUT2D eigenvalue weighted by Crippen LogP contribution is -2.46. The smallest absolute Gasteiger partial charge is 0.0700 e. The zero-order valence-corrected chi connectivity index (χ0v) is 12.6. The summed E-state index contributed by atoms with van der Waals surface area (Å²) in [5.41, 5.74) is 0.666. The van der Waals surface area contributed by atoms with Crippen LogP contribution in [0.2, 0.25) is 0 Å². The number of aliphatic hydroxyl groups is 1. The average molecular weight is 281 g/mol. The molecular weight excluding hydrogens is 254 g/mol. The zero-order chi connectivity index (χ0) is 14.7. The van der Waals surface area contributed by atoms with Gasteiger partial charge in [-0.1, -0.05) is 37.3 Å². The van der Waals surface area contributed by atoms with Crippen molar-refractivity contribution in [1.82, 2.24) is 5.32 Å². The molecule has 4 nitrogen and oxygen atoms in total. The summed E-state index contributed by atoms with van der Waals surface area (Å²) >= 11 is 0. The average Bonchev–Trinajstić information content (AvgIpc) is 2.50. The van der Waals surface area contributed by atoms with E-state index < -0.39 is 5.54 Å². The van der Waals surface area contributed by atoms with E-state index >= 15 is 0 Å². The van der Waals surface area contributed by atoms with Crippen LogP contribution >= 0.6 is 0 Å². The van der Waals surface area contributed by atoms with E-state index in [0.29, 0.717) is 26.4 Å². The maximum Gasteiger partial charge on any atom is 0.0700 e. The first kappa shape index (κ1) is 17.1. The van der Waals surface area contributed by atoms with E-state index in [4.69, 9.17) is 9.47 Å². The van der Waals surface area contributed by atoms with Crippen molar-refractivity contribution in [3.8, 4) is 0 Å². The largest absolute Gasteiger partial charge is 0.394 e. The van der Waals surface area contributed by atoms with Gasteiger partial charge in [0.15, 0.2) is 0 Å². The maximum atomic E-state index is 9.86. The van der Waals surface area contributed by atoms with Gasteiger partial charge in [-0.25, -0.2) is 0 Å². The molecule has 0 aliphatic heterocycles. The number of aliphatic hydroxyl groups excluding tert-OH is 1. The highest BCUT2D eigenvalue weighted by Crippen LogP contribution is 2.24. The van der Waals surface area contributed by atoms with Gasteiger partial charge < -0.3 is 19.9 Å². The van der Waals surface area contributed by atoms with Gasteiger partial charge in [-0.2, -0.15) is 0 Å². The molecule has 1 aromatic rings. The van der Waals surface area contributed by atoms with Crippen molar-refractivity contribution in [2.45, 2.75) is 25.8 Å². The molecule has 0 saturated heterocycles. The van der Waals surface area contributed by atoms with E-state index in [0.717, 1.165) is 18.5 Å². The molecule has 20 heavy (non-hydrogen) atoms. The Labute approximate surface area is 122 Å². The van der Waals surface area contributed by atoms with Crippen LogP contribution in [0.1, 0.15) is 25.8 Å². The first-order chi connectivity index (χ1) is 9.79. The molecule has 114 valence electrons. The van der Waals surface area contributed by atoms with E-state index in [1.807, 2.05) is 44.2 Å². The second-order valence-corrected chi connectivity index (χ2v) is 4.70. The summed E-state index contributed by atoms with van der Waals surface area (Å²) in [6.45, 7) is 7.39. The number of hydrogen-bond acceptors (Lipinski definition) is 4. The molecule has 1 atom stereocenters. The molecule has 0 fully saturated rings. The van der Waals surface area contributed by atoms with Gasteiger partial charge in [0.1, 0.15) is 0 Å². The maximum absolute atomic E-state index is 9.86. The van der Waals surface area contributed by atoms with Gasteiger partial charge in [0, 0.05) is 13.2 Å². The predicted molar refractivity (Wildman–Crippen MR) is 80.8 cm³/mol. The Hall–Kier alpha value is -0.940. The third kappa shape index (κ3) is 5.21. The standard InChI is InChI=1S/C16H27NO3/c1-3-17-16(14-18,15-8-6-5-7-9-15)10-11-20-13-12-19-4-2/h5-9,17-18H,3-4,10-14H2,1-2H3. The summed E-state index contributed by atoms with van der Waals surface area (Å²) in [5.74, 6) is 0. The highest BCUT2D eigenvalue weighted by molar-refractivity contribution is 5.24. The molecule has 0 aliphatic rings. The summed E-state index contributed by atoms with van der Waals surface area (Å²) in [7, 11) is 0. The van der Waals surface area contributed by atoms with Crippen molar-refractivity contribution in [2.75, 3.05) is 39.6 Å². The number of nitrogens with one attached hydrogen (secondary N) is 1. The fourth-order valence-corrected chi connectivity index (χ4v) is 2.27. The van der Waals surface area contributed by atoms with Gasteiger partial charge in [-0.3, -0.25) is 0 Å². The number of benzene rings is 1. The number of ether oxygens (including phenoxy) is 2. The molecule has 2 N–H and O–H groups in total. The first-order valence-corrected chi connectivity index (χ1v) is 7.36. The highest BCUT2D eigenvalue weighted by atomic mass is 16.5. The lowest BCUT2D eigenvalue weighted by molar-refractivity contribution is 0.0351. The minimum absolute atomic E-state index is 0.0552. The Kier molecular flexibility index (Phi) is 8.46. The lowest BCUT2D eigenvalue weighted by Gasteiger charge is -2.33. The molecule has 0 aromatic heterocycles. The Morgan fingerprint density at radius 2 is 1.75 bits per heavy atom. The van der Waals surface area contributed by atoms with E-state index in [-0.39, 0.29) is 6.61 Å². The lowest BCUT2D eigenvalue weighted by atomic mass is 9.87. The summed E-state index contributed by atoms with van der Waals surface area (Å²) in [6, 6.07) is 10.0. The first-order valence-electron chi connectivity index (χ1n) is 7.36. The molecule has 0 spiro atoms. The van der Waals surface area contributed by atoms with Gasteiger partial charge >= 0.3 is 0 Å². The molecule has 1 aromatic carbocycles. The molecule has 0 aliphatic carbocycles. The van der Waals surface area contributed by atoms with Crippen LogP contribution in [0.25, 0.3) is 0 Å². The quantitative estimate of drug-likeness (QED) is 0.609. The van der Waals surface area contributed by atoms with Crippen LogP contribution in [0, 0.1) is 0 Å². The molecule has 1 rings (SSSR count). The highest BCUT2D eigenvalue weighted by Gasteiger charge is 2.29. The third-order valence-electron chi connectivity index (χ3n) is 3.36. The summed E-state index contributed by atoms with van der Waals surface area (Å²) in [4.78, 5) is 0. The van der Waals surface area contributed by atoms with Gasteiger partial charge in [0.25, 0.3) is 0 Å². The van der Waals surface area contributed by atoms with Crippen molar-refractivity contribution < 1.29 is 14.6 Å². The summed E-state index contributed by atoms with van der Waals surface area (Å²) in [6.07, 6.45) is 0.730. The van der Waals surface area contributed by atoms with Crippen molar-refractivity contribution in [1.29, 1.82) is 0 Å². The normalized spacial score (nSPS) is 14.2. The van der Waals surface area contributed by atoms with Crippen molar-refractivity contribution >= 4 is 0 Å². The fourth-order valence-electron chi connectivity index (χ4n) is 2.27. The Morgan fingerprint density at radius 1 is 1.05 bits per heavy atom. The Balaban J connectivity index is 2.56. The Bertz CT molecular complexity index is 345. The van der Waals surface area contributed by atoms with Crippen LogP contribution in [-0.2, 0) is 15.0 Å². The SMILES string of the molecule is CCNC(CO)(CCOCCOCC)c1ccccc1. The zero-order valence-electron chi connectivity index (χ0n) is 12.6. The molecule has 0 amide bonds. The number of hydrogen-bond donors (Lipinski definition) is 2. The number of likely N-dealkylation sites (N-methyl/N-ethyl adjacent to an activating group) is 1. The predicted octanol–water partition coefficient (Wildman–Crippen LogP) is 1.93. The third-order valence-corrected chi connectivity index (χ3v) is 3.36. The second kappa shape index (κ2) is 9.88. The van der Waals surface area contributed by atoms with Crippen molar-refractivity contribution in [3.63, 3.8) is 0 Å². The van der Waals surface area contributed by atoms with Gasteiger partial charge in [0.2, 0.25) is 0 Å². The van der Waals surface area contributed by atoms with Crippen LogP contribution in [0.4, 0.5) is 0 Å². The van der Waals surface area contributed by atoms with Crippen molar-refractivity contribution in [2.24, 2.45) is 0 Å². The topological polar surface area (TPSA) is 50.7 Å². The van der Waals surface area contributed by atoms with Gasteiger partial charge in [-0.15, -0.1) is 0 Å².